The van der Waals surface area contributed by atoms with Gasteiger partial charge in [-0.25, -0.2) is 8.42 Å². The fraction of sp³-hybridized carbons (Fsp3) is 0.538. The van der Waals surface area contributed by atoms with E-state index in [0.717, 1.165) is 26.7 Å². The Bertz CT molecular complexity index is 567. The third kappa shape index (κ3) is 3.09. The van der Waals surface area contributed by atoms with Gasteiger partial charge >= 0.3 is 0 Å². The maximum Gasteiger partial charge on any atom is 0.151 e. The van der Waals surface area contributed by atoms with E-state index in [2.05, 4.69) is 15.9 Å². The van der Waals surface area contributed by atoms with E-state index in [1.165, 1.54) is 6.26 Å². The molecular formula is C13H18BrClO2S. The van der Waals surface area contributed by atoms with Crippen molar-refractivity contribution in [1.82, 2.24) is 0 Å². The molecule has 0 saturated heterocycles. The standard InChI is InChI=1S/C13H18BrClO2S/c1-7-6-8(2)12(14)9(3)11(7)13(15)10(4)18(5,16)17/h6,10,13H,1-5H3. The molecular weight excluding hydrogens is 336 g/mol. The molecule has 0 aliphatic heterocycles. The third-order valence-corrected chi connectivity index (χ3v) is 6.89. The Hall–Kier alpha value is -0.0600. The number of rotatable bonds is 3. The summed E-state index contributed by atoms with van der Waals surface area (Å²) in [6.45, 7) is 7.59. The highest BCUT2D eigenvalue weighted by atomic mass is 79.9. The topological polar surface area (TPSA) is 34.1 Å². The summed E-state index contributed by atoms with van der Waals surface area (Å²) in [7, 11) is -3.15. The number of hydrogen-bond donors (Lipinski definition) is 0. The highest BCUT2D eigenvalue weighted by molar-refractivity contribution is 9.10. The van der Waals surface area contributed by atoms with Crippen LogP contribution in [0.3, 0.4) is 0 Å². The molecule has 1 rings (SSSR count). The lowest BCUT2D eigenvalue weighted by molar-refractivity contribution is 0.586. The number of halogens is 2. The minimum absolute atomic E-state index is 0.531. The van der Waals surface area contributed by atoms with Gasteiger partial charge in [0.1, 0.15) is 0 Å². The fourth-order valence-electron chi connectivity index (χ4n) is 2.05. The molecule has 0 aliphatic carbocycles. The normalized spacial score (nSPS) is 15.5. The first kappa shape index (κ1) is 16.0. The SMILES string of the molecule is Cc1cc(C)c(C(Cl)C(C)S(C)(=O)=O)c(C)c1Br. The predicted molar refractivity (Wildman–Crippen MR) is 81.3 cm³/mol. The highest BCUT2D eigenvalue weighted by Crippen LogP contribution is 2.37. The molecule has 5 heteroatoms. The zero-order valence-electron chi connectivity index (χ0n) is 11.2. The van der Waals surface area contributed by atoms with Crippen molar-refractivity contribution in [3.05, 3.63) is 32.8 Å². The molecule has 2 nitrogen and oxygen atoms in total. The largest absolute Gasteiger partial charge is 0.229 e. The Morgan fingerprint density at radius 1 is 1.22 bits per heavy atom. The second kappa shape index (κ2) is 5.51. The molecule has 2 unspecified atom stereocenters. The van der Waals surface area contributed by atoms with Crippen molar-refractivity contribution in [2.24, 2.45) is 0 Å². The molecule has 0 radical (unpaired) electrons. The molecule has 0 amide bonds. The zero-order chi connectivity index (χ0) is 14.2. The lowest BCUT2D eigenvalue weighted by atomic mass is 9.96. The van der Waals surface area contributed by atoms with Gasteiger partial charge in [-0.1, -0.05) is 22.0 Å². The van der Waals surface area contributed by atoms with E-state index < -0.39 is 20.5 Å². The molecule has 2 atom stereocenters. The number of benzene rings is 1. The van der Waals surface area contributed by atoms with Crippen LogP contribution in [0.25, 0.3) is 0 Å². The van der Waals surface area contributed by atoms with Gasteiger partial charge in [0.15, 0.2) is 9.84 Å². The lowest BCUT2D eigenvalue weighted by Crippen LogP contribution is -2.22. The van der Waals surface area contributed by atoms with Gasteiger partial charge in [-0.15, -0.1) is 11.6 Å². The van der Waals surface area contributed by atoms with E-state index in [0.29, 0.717) is 0 Å². The van der Waals surface area contributed by atoms with Gasteiger partial charge < -0.3 is 0 Å². The Labute approximate surface area is 123 Å². The number of alkyl halides is 1. The van der Waals surface area contributed by atoms with Crippen LogP contribution >= 0.6 is 27.5 Å². The molecule has 1 aromatic rings. The van der Waals surface area contributed by atoms with E-state index in [-0.39, 0.29) is 0 Å². The van der Waals surface area contributed by atoms with E-state index in [1.807, 2.05) is 26.8 Å². The number of hydrogen-bond acceptors (Lipinski definition) is 2. The van der Waals surface area contributed by atoms with Crippen molar-refractivity contribution in [1.29, 1.82) is 0 Å². The summed E-state index contributed by atoms with van der Waals surface area (Å²) < 4.78 is 24.2. The second-order valence-corrected chi connectivity index (χ2v) is 8.47. The van der Waals surface area contributed by atoms with Crippen LogP contribution < -0.4 is 0 Å². The van der Waals surface area contributed by atoms with Crippen molar-refractivity contribution in [2.75, 3.05) is 6.26 Å². The Morgan fingerprint density at radius 3 is 2.17 bits per heavy atom. The molecule has 0 aliphatic rings. The quantitative estimate of drug-likeness (QED) is 0.767. The molecule has 0 fully saturated rings. The van der Waals surface area contributed by atoms with Crippen LogP contribution in [-0.2, 0) is 9.84 Å². The monoisotopic (exact) mass is 352 g/mol. The first-order chi connectivity index (χ1) is 8.07. The predicted octanol–water partition coefficient (Wildman–Crippen LogP) is 4.09. The van der Waals surface area contributed by atoms with Gasteiger partial charge in [-0.05, 0) is 49.9 Å². The smallest absolute Gasteiger partial charge is 0.151 e. The molecule has 0 aromatic heterocycles. The van der Waals surface area contributed by atoms with Crippen molar-refractivity contribution in [3.8, 4) is 0 Å². The fourth-order valence-corrected chi connectivity index (χ4v) is 3.85. The van der Waals surface area contributed by atoms with Crippen LogP contribution in [0, 0.1) is 20.8 Å². The van der Waals surface area contributed by atoms with Gasteiger partial charge in [0, 0.05) is 10.7 Å². The zero-order valence-corrected chi connectivity index (χ0v) is 14.4. The Kier molecular flexibility index (Phi) is 4.90. The summed E-state index contributed by atoms with van der Waals surface area (Å²) in [6.07, 6.45) is 1.22. The van der Waals surface area contributed by atoms with Crippen LogP contribution in [0.15, 0.2) is 10.5 Å². The van der Waals surface area contributed by atoms with Gasteiger partial charge in [0.2, 0.25) is 0 Å². The first-order valence-corrected chi connectivity index (χ1v) is 8.85. The molecule has 0 saturated carbocycles. The summed E-state index contributed by atoms with van der Waals surface area (Å²) in [5, 5.41) is -1.14. The van der Waals surface area contributed by atoms with Crippen molar-refractivity contribution in [3.63, 3.8) is 0 Å². The highest BCUT2D eigenvalue weighted by Gasteiger charge is 2.28. The molecule has 102 valence electrons. The maximum atomic E-state index is 11.6. The minimum Gasteiger partial charge on any atom is -0.229 e. The second-order valence-electron chi connectivity index (χ2n) is 4.80. The maximum absolute atomic E-state index is 11.6. The average molecular weight is 354 g/mol. The summed E-state index contributed by atoms with van der Waals surface area (Å²) in [4.78, 5) is 0. The van der Waals surface area contributed by atoms with Crippen LogP contribution in [0.4, 0.5) is 0 Å². The summed E-state index contributed by atoms with van der Waals surface area (Å²) >= 11 is 9.90. The van der Waals surface area contributed by atoms with Crippen LogP contribution in [-0.4, -0.2) is 19.9 Å². The Balaban J connectivity index is 3.39. The number of sulfone groups is 1. The van der Waals surface area contributed by atoms with E-state index in [9.17, 15) is 8.42 Å². The van der Waals surface area contributed by atoms with Gasteiger partial charge in [-0.3, -0.25) is 0 Å². The van der Waals surface area contributed by atoms with Crippen molar-refractivity contribution in [2.45, 2.75) is 38.3 Å². The molecule has 0 heterocycles. The van der Waals surface area contributed by atoms with E-state index in [1.54, 1.807) is 6.92 Å². The van der Waals surface area contributed by atoms with Gasteiger partial charge in [0.25, 0.3) is 0 Å². The van der Waals surface area contributed by atoms with Crippen molar-refractivity contribution >= 4 is 37.4 Å². The summed E-state index contributed by atoms with van der Waals surface area (Å²) in [6, 6.07) is 2.02. The van der Waals surface area contributed by atoms with Crippen LogP contribution in [0.5, 0.6) is 0 Å². The first-order valence-electron chi connectivity index (χ1n) is 5.66. The summed E-state index contributed by atoms with van der Waals surface area (Å²) in [5.41, 5.74) is 4.09. The molecule has 1 aromatic carbocycles. The molecule has 0 spiro atoms. The number of aryl methyl sites for hydroxylation is 2. The average Bonchev–Trinajstić information content (AvgIpc) is 2.23. The Morgan fingerprint density at radius 2 is 1.72 bits per heavy atom. The lowest BCUT2D eigenvalue weighted by Gasteiger charge is -2.22. The molecule has 18 heavy (non-hydrogen) atoms. The molecule has 0 bridgehead atoms. The van der Waals surface area contributed by atoms with Crippen LogP contribution in [0.1, 0.15) is 34.6 Å². The van der Waals surface area contributed by atoms with Gasteiger partial charge in [-0.2, -0.15) is 0 Å². The van der Waals surface area contributed by atoms with E-state index in [4.69, 9.17) is 11.6 Å². The summed E-state index contributed by atoms with van der Waals surface area (Å²) in [5.74, 6) is 0. The van der Waals surface area contributed by atoms with Gasteiger partial charge in [0.05, 0.1) is 10.6 Å². The van der Waals surface area contributed by atoms with Crippen LogP contribution in [0.2, 0.25) is 0 Å². The van der Waals surface area contributed by atoms with E-state index >= 15 is 0 Å². The molecule has 0 N–H and O–H groups in total. The minimum atomic E-state index is -3.15. The third-order valence-electron chi connectivity index (χ3n) is 3.30. The van der Waals surface area contributed by atoms with Crippen molar-refractivity contribution < 1.29 is 8.42 Å².